The summed E-state index contributed by atoms with van der Waals surface area (Å²) in [5.74, 6) is 1.46. The number of hydrogen-bond donors (Lipinski definition) is 1. The van der Waals surface area contributed by atoms with Gasteiger partial charge in [-0.15, -0.1) is 0 Å². The van der Waals surface area contributed by atoms with Gasteiger partial charge < -0.3 is 28.6 Å². The van der Waals surface area contributed by atoms with Crippen LogP contribution in [0.5, 0.6) is 23.0 Å². The molecule has 1 N–H and O–H groups in total. The summed E-state index contributed by atoms with van der Waals surface area (Å²) < 4.78 is 23.6. The third-order valence-corrected chi connectivity index (χ3v) is 5.65. The second-order valence-corrected chi connectivity index (χ2v) is 7.58. The van der Waals surface area contributed by atoms with E-state index in [1.807, 2.05) is 11.6 Å². The van der Waals surface area contributed by atoms with Crippen LogP contribution in [0.4, 0.5) is 0 Å². The fourth-order valence-electron chi connectivity index (χ4n) is 3.93. The largest absolute Gasteiger partial charge is 0.493 e. The van der Waals surface area contributed by atoms with E-state index in [4.69, 9.17) is 18.9 Å². The van der Waals surface area contributed by atoms with Gasteiger partial charge in [0, 0.05) is 36.5 Å². The van der Waals surface area contributed by atoms with E-state index in [-0.39, 0.29) is 11.3 Å². The molecule has 0 atom stereocenters. The topological polar surface area (TPSA) is 105 Å². The maximum absolute atomic E-state index is 12.6. The van der Waals surface area contributed by atoms with Crippen LogP contribution >= 0.6 is 0 Å². The van der Waals surface area contributed by atoms with Crippen LogP contribution in [-0.4, -0.2) is 54.1 Å². The van der Waals surface area contributed by atoms with E-state index < -0.39 is 5.97 Å². The molecule has 0 saturated heterocycles. The second-order valence-electron chi connectivity index (χ2n) is 7.58. The summed E-state index contributed by atoms with van der Waals surface area (Å²) in [6.45, 7) is 0. The molecular weight excluding hydrogens is 450 g/mol. The van der Waals surface area contributed by atoms with Gasteiger partial charge in [-0.1, -0.05) is 6.07 Å². The molecule has 0 saturated carbocycles. The lowest BCUT2D eigenvalue weighted by atomic mass is 9.93. The van der Waals surface area contributed by atoms with Crippen LogP contribution in [0.25, 0.3) is 34.2 Å². The zero-order chi connectivity index (χ0) is 25.1. The number of pyridine rings is 1. The molecule has 2 aromatic carbocycles. The standard InChI is InChI=1S/C26H25N3O6/c1-29-11-10-27-23(29)9-7-17-25(26(30)31)24(15-6-8-19(32-2)20(12-15)33-3)16-13-21(34-4)22(35-5)14-18(16)28-17/h6-14H,1-5H3,(H,30,31)/b9-7+. The van der Waals surface area contributed by atoms with E-state index in [1.165, 1.54) is 21.3 Å². The number of aromatic carboxylic acids is 1. The molecule has 0 aliphatic rings. The van der Waals surface area contributed by atoms with E-state index in [0.29, 0.717) is 50.9 Å². The Bertz CT molecular complexity index is 1440. The van der Waals surface area contributed by atoms with Gasteiger partial charge in [-0.2, -0.15) is 0 Å². The van der Waals surface area contributed by atoms with E-state index in [1.54, 1.807) is 62.0 Å². The van der Waals surface area contributed by atoms with Crippen molar-refractivity contribution in [2.75, 3.05) is 28.4 Å². The molecule has 4 rings (SSSR count). The Morgan fingerprint density at radius 2 is 1.57 bits per heavy atom. The van der Waals surface area contributed by atoms with E-state index in [2.05, 4.69) is 9.97 Å². The van der Waals surface area contributed by atoms with Crippen molar-refractivity contribution in [3.8, 4) is 34.1 Å². The quantitative estimate of drug-likeness (QED) is 0.396. The predicted octanol–water partition coefficient (Wildman–Crippen LogP) is 4.54. The number of methoxy groups -OCH3 is 4. The number of aromatic nitrogens is 3. The Hall–Kier alpha value is -4.53. The molecule has 0 bridgehead atoms. The monoisotopic (exact) mass is 475 g/mol. The number of imidazole rings is 1. The first-order chi connectivity index (χ1) is 16.9. The Balaban J connectivity index is 2.09. The van der Waals surface area contributed by atoms with Gasteiger partial charge >= 0.3 is 5.97 Å². The number of carbonyl (C=O) groups is 1. The molecule has 9 nitrogen and oxygen atoms in total. The van der Waals surface area contributed by atoms with Crippen molar-refractivity contribution in [3.05, 3.63) is 59.8 Å². The van der Waals surface area contributed by atoms with Gasteiger partial charge in [0.15, 0.2) is 23.0 Å². The fraction of sp³-hybridized carbons (Fsp3) is 0.192. The van der Waals surface area contributed by atoms with Gasteiger partial charge in [-0.3, -0.25) is 0 Å². The molecular formula is C26H25N3O6. The summed E-state index contributed by atoms with van der Waals surface area (Å²) in [7, 11) is 7.98. The average Bonchev–Trinajstić information content (AvgIpc) is 3.29. The smallest absolute Gasteiger partial charge is 0.338 e. The average molecular weight is 476 g/mol. The first-order valence-corrected chi connectivity index (χ1v) is 10.6. The lowest BCUT2D eigenvalue weighted by Gasteiger charge is -2.17. The highest BCUT2D eigenvalue weighted by Crippen LogP contribution is 2.41. The van der Waals surface area contributed by atoms with Crippen molar-refractivity contribution < 1.29 is 28.8 Å². The van der Waals surface area contributed by atoms with Crippen molar-refractivity contribution in [2.24, 2.45) is 7.05 Å². The maximum atomic E-state index is 12.6. The number of carboxylic acid groups (broad SMARTS) is 1. The summed E-state index contributed by atoms with van der Waals surface area (Å²) in [4.78, 5) is 21.6. The normalized spacial score (nSPS) is 11.1. The highest BCUT2D eigenvalue weighted by Gasteiger charge is 2.23. The SMILES string of the molecule is COc1ccc(-c2c(C(=O)O)c(/C=C/c3nccn3C)nc3cc(OC)c(OC)cc23)cc1OC. The van der Waals surface area contributed by atoms with Crippen LogP contribution in [-0.2, 0) is 7.05 Å². The van der Waals surface area contributed by atoms with Gasteiger partial charge in [-0.25, -0.2) is 14.8 Å². The molecule has 180 valence electrons. The highest BCUT2D eigenvalue weighted by molar-refractivity contribution is 6.09. The summed E-state index contributed by atoms with van der Waals surface area (Å²) >= 11 is 0. The fourth-order valence-corrected chi connectivity index (χ4v) is 3.93. The number of carboxylic acids is 1. The predicted molar refractivity (Wildman–Crippen MR) is 132 cm³/mol. The first-order valence-electron chi connectivity index (χ1n) is 10.6. The summed E-state index contributed by atoms with van der Waals surface area (Å²) in [5, 5.41) is 10.9. The van der Waals surface area contributed by atoms with Gasteiger partial charge in [0.25, 0.3) is 0 Å². The number of nitrogens with zero attached hydrogens (tertiary/aromatic N) is 3. The van der Waals surface area contributed by atoms with E-state index in [9.17, 15) is 9.90 Å². The highest BCUT2D eigenvalue weighted by atomic mass is 16.5. The summed E-state index contributed by atoms with van der Waals surface area (Å²) in [5.41, 5.74) is 1.92. The lowest BCUT2D eigenvalue weighted by Crippen LogP contribution is -2.07. The van der Waals surface area contributed by atoms with Gasteiger partial charge in [0.2, 0.25) is 0 Å². The Labute approximate surface area is 202 Å². The molecule has 0 fully saturated rings. The maximum Gasteiger partial charge on any atom is 0.338 e. The molecule has 2 heterocycles. The van der Waals surface area contributed by atoms with Crippen molar-refractivity contribution in [3.63, 3.8) is 0 Å². The number of benzene rings is 2. The van der Waals surface area contributed by atoms with Gasteiger partial charge in [0.1, 0.15) is 5.82 Å². The summed E-state index contributed by atoms with van der Waals surface area (Å²) in [6.07, 6.45) is 6.83. The third kappa shape index (κ3) is 4.35. The number of fused-ring (bicyclic) bond motifs is 1. The number of rotatable bonds is 8. The zero-order valence-corrected chi connectivity index (χ0v) is 20.0. The Morgan fingerprint density at radius 1 is 0.914 bits per heavy atom. The number of ether oxygens (including phenoxy) is 4. The van der Waals surface area contributed by atoms with Crippen molar-refractivity contribution in [1.29, 1.82) is 0 Å². The van der Waals surface area contributed by atoms with Crippen molar-refractivity contribution in [1.82, 2.24) is 14.5 Å². The third-order valence-electron chi connectivity index (χ3n) is 5.65. The van der Waals surface area contributed by atoms with Gasteiger partial charge in [0.05, 0.1) is 45.2 Å². The minimum atomic E-state index is -1.13. The minimum Gasteiger partial charge on any atom is -0.493 e. The summed E-state index contributed by atoms with van der Waals surface area (Å²) in [6, 6.07) is 8.71. The lowest BCUT2D eigenvalue weighted by molar-refractivity contribution is 0.0697. The van der Waals surface area contributed by atoms with Crippen LogP contribution in [0.1, 0.15) is 21.9 Å². The molecule has 0 radical (unpaired) electrons. The van der Waals surface area contributed by atoms with E-state index >= 15 is 0 Å². The molecule has 2 aromatic heterocycles. The van der Waals surface area contributed by atoms with Crippen LogP contribution in [0.2, 0.25) is 0 Å². The Morgan fingerprint density at radius 3 is 2.17 bits per heavy atom. The molecule has 0 aliphatic heterocycles. The zero-order valence-electron chi connectivity index (χ0n) is 20.0. The van der Waals surface area contributed by atoms with Gasteiger partial charge in [-0.05, 0) is 35.9 Å². The molecule has 0 spiro atoms. The molecule has 0 amide bonds. The van der Waals surface area contributed by atoms with Crippen molar-refractivity contribution in [2.45, 2.75) is 0 Å². The van der Waals surface area contributed by atoms with Crippen molar-refractivity contribution >= 4 is 29.0 Å². The van der Waals surface area contributed by atoms with Crippen LogP contribution in [0.15, 0.2) is 42.7 Å². The molecule has 35 heavy (non-hydrogen) atoms. The molecule has 9 heteroatoms. The number of aryl methyl sites for hydroxylation is 1. The van der Waals surface area contributed by atoms with Crippen LogP contribution < -0.4 is 18.9 Å². The molecule has 4 aromatic rings. The molecule has 0 aliphatic carbocycles. The van der Waals surface area contributed by atoms with Crippen LogP contribution in [0, 0.1) is 0 Å². The number of hydrogen-bond acceptors (Lipinski definition) is 7. The second kappa shape index (κ2) is 9.76. The Kier molecular flexibility index (Phi) is 6.59. The minimum absolute atomic E-state index is 0.0300. The molecule has 0 unspecified atom stereocenters. The first kappa shape index (κ1) is 23.6. The van der Waals surface area contributed by atoms with E-state index in [0.717, 1.165) is 0 Å². The van der Waals surface area contributed by atoms with Crippen LogP contribution in [0.3, 0.4) is 0 Å².